The van der Waals surface area contributed by atoms with Crippen LogP contribution in [0.1, 0.15) is 118 Å². The number of nitrogens with one attached hydrogen (secondary N) is 1. The van der Waals surface area contributed by atoms with Gasteiger partial charge in [0.1, 0.15) is 18.0 Å². The maximum Gasteiger partial charge on any atom is 0.233 e. The average molecular weight is 648 g/mol. The highest BCUT2D eigenvalue weighted by Gasteiger charge is 2.35. The Balaban J connectivity index is 0. The second-order valence-electron chi connectivity index (χ2n) is 9.48. The van der Waals surface area contributed by atoms with Crippen LogP contribution in [0, 0.1) is 12.8 Å². The highest BCUT2D eigenvalue weighted by atomic mass is 35.5. The number of hydrogen-bond acceptors (Lipinski definition) is 7. The van der Waals surface area contributed by atoms with Crippen LogP contribution in [0.15, 0.2) is 47.4 Å². The normalized spacial score (nSPS) is 14.2. The molecule has 3 unspecified atom stereocenters. The average Bonchev–Trinajstić information content (AvgIpc) is 3.71. The van der Waals surface area contributed by atoms with Gasteiger partial charge in [0.05, 0.1) is 29.1 Å². The molecule has 3 atom stereocenters. The molecule has 1 fully saturated rings. The number of aromatic nitrogens is 3. The minimum atomic E-state index is -0.410. The minimum Gasteiger partial charge on any atom is -0.394 e. The fraction of sp³-hybridized carbons (Fsp3) is 0.571. The Hall–Kier alpha value is -3.30. The molecule has 4 rings (SSSR count). The molecule has 254 valence electrons. The molecule has 1 aromatic carbocycles. The molecule has 9 nitrogen and oxygen atoms in total. The molecule has 45 heavy (non-hydrogen) atoms. The second kappa shape index (κ2) is 26.0. The van der Waals surface area contributed by atoms with Crippen LogP contribution in [0.4, 0.5) is 0 Å². The number of aliphatic hydroxyl groups excluding tert-OH is 1. The van der Waals surface area contributed by atoms with Gasteiger partial charge in [-0.3, -0.25) is 9.59 Å². The summed E-state index contributed by atoms with van der Waals surface area (Å²) in [6.45, 7) is 24.8. The van der Waals surface area contributed by atoms with E-state index in [9.17, 15) is 14.7 Å². The summed E-state index contributed by atoms with van der Waals surface area (Å²) in [5.74, 6) is 0.905. The van der Waals surface area contributed by atoms with Crippen molar-refractivity contribution in [2.75, 3.05) is 13.2 Å². The first-order chi connectivity index (χ1) is 21.8. The maximum atomic E-state index is 12.6. The van der Waals surface area contributed by atoms with Crippen LogP contribution >= 0.6 is 11.6 Å². The molecule has 2 amide bonds. The number of likely N-dealkylation sites (tertiary alicyclic amines) is 1. The Morgan fingerprint density at radius 3 is 2.13 bits per heavy atom. The standard InChI is InChI=1S/C14H22N2O2.C13H12ClN3O2.4C2H6/c1-9(2)13(12-8-10(3)15-18-12)14(17)16-7-5-6-11(16)4;14-11-5-15-7-16-13(11)10-3-1-9(2-4-10)12(6-18)17-8-19;4*1-2/h8-9,11,13H,5-7H2,1-4H3;1-5,7-8,12,18H,6H2,(H,17,19);4*1-2H3. The highest BCUT2D eigenvalue weighted by Crippen LogP contribution is 2.30. The molecule has 0 saturated carbocycles. The second-order valence-corrected chi connectivity index (χ2v) is 9.88. The molecule has 2 aromatic heterocycles. The highest BCUT2D eigenvalue weighted by molar-refractivity contribution is 6.32. The Morgan fingerprint density at radius 2 is 1.71 bits per heavy atom. The fourth-order valence-corrected chi connectivity index (χ4v) is 4.65. The summed E-state index contributed by atoms with van der Waals surface area (Å²) in [6, 6.07) is 9.10. The predicted octanol–water partition coefficient (Wildman–Crippen LogP) is 8.41. The van der Waals surface area contributed by atoms with Gasteiger partial charge in [0.25, 0.3) is 0 Å². The van der Waals surface area contributed by atoms with Crippen LogP contribution in [0.2, 0.25) is 5.02 Å². The molecule has 2 N–H and O–H groups in total. The minimum absolute atomic E-state index is 0.160. The van der Waals surface area contributed by atoms with Crippen LogP contribution in [0.25, 0.3) is 11.3 Å². The van der Waals surface area contributed by atoms with Gasteiger partial charge in [0, 0.05) is 30.4 Å². The molecule has 0 bridgehead atoms. The van der Waals surface area contributed by atoms with E-state index in [4.69, 9.17) is 16.1 Å². The predicted molar refractivity (Wildman–Crippen MR) is 186 cm³/mol. The number of amides is 2. The van der Waals surface area contributed by atoms with E-state index in [1.807, 2.05) is 97.5 Å². The third kappa shape index (κ3) is 14.1. The van der Waals surface area contributed by atoms with Gasteiger partial charge < -0.3 is 19.8 Å². The van der Waals surface area contributed by atoms with E-state index in [0.29, 0.717) is 28.9 Å². The number of halogens is 1. The summed E-state index contributed by atoms with van der Waals surface area (Å²) in [5.41, 5.74) is 3.13. The van der Waals surface area contributed by atoms with Crippen molar-refractivity contribution in [2.24, 2.45) is 5.92 Å². The van der Waals surface area contributed by atoms with E-state index >= 15 is 0 Å². The Morgan fingerprint density at radius 1 is 1.11 bits per heavy atom. The lowest BCUT2D eigenvalue weighted by atomic mass is 9.91. The molecule has 0 spiro atoms. The van der Waals surface area contributed by atoms with Gasteiger partial charge in [-0.15, -0.1) is 0 Å². The summed E-state index contributed by atoms with van der Waals surface area (Å²) in [4.78, 5) is 33.0. The third-order valence-corrected chi connectivity index (χ3v) is 6.70. The van der Waals surface area contributed by atoms with Crippen molar-refractivity contribution in [2.45, 2.75) is 114 Å². The molecule has 1 aliphatic heterocycles. The van der Waals surface area contributed by atoms with Crippen molar-refractivity contribution in [3.63, 3.8) is 0 Å². The summed E-state index contributed by atoms with van der Waals surface area (Å²) in [6.07, 6.45) is 5.73. The van der Waals surface area contributed by atoms with Crippen molar-refractivity contribution in [1.82, 2.24) is 25.3 Å². The van der Waals surface area contributed by atoms with Gasteiger partial charge in [0.2, 0.25) is 12.3 Å². The number of benzene rings is 1. The summed E-state index contributed by atoms with van der Waals surface area (Å²) < 4.78 is 5.31. The van der Waals surface area contributed by atoms with E-state index in [1.165, 1.54) is 12.5 Å². The van der Waals surface area contributed by atoms with Crippen LogP contribution < -0.4 is 5.32 Å². The monoisotopic (exact) mass is 647 g/mol. The molecule has 0 aliphatic carbocycles. The molecule has 3 aromatic rings. The first-order valence-electron chi connectivity index (χ1n) is 16.4. The van der Waals surface area contributed by atoms with E-state index in [2.05, 4.69) is 41.2 Å². The van der Waals surface area contributed by atoms with Crippen molar-refractivity contribution >= 4 is 23.9 Å². The Labute approximate surface area is 277 Å². The lowest BCUT2D eigenvalue weighted by Crippen LogP contribution is -2.38. The zero-order valence-electron chi connectivity index (χ0n) is 29.6. The van der Waals surface area contributed by atoms with Gasteiger partial charge in [-0.2, -0.15) is 0 Å². The molecule has 3 heterocycles. The smallest absolute Gasteiger partial charge is 0.233 e. The van der Waals surface area contributed by atoms with Gasteiger partial charge in [-0.1, -0.05) is 110 Å². The summed E-state index contributed by atoms with van der Waals surface area (Å²) in [7, 11) is 0. The van der Waals surface area contributed by atoms with Crippen molar-refractivity contribution in [1.29, 1.82) is 0 Å². The number of nitrogens with zero attached hydrogens (tertiary/aromatic N) is 4. The quantitative estimate of drug-likeness (QED) is 0.235. The van der Waals surface area contributed by atoms with Crippen molar-refractivity contribution < 1.29 is 19.2 Å². The Kier molecular flexibility index (Phi) is 25.3. The SMILES string of the molecule is CC.CC.CC.CC.Cc1cc(C(C(=O)N2CCCC2C)C(C)C)on1.O=CNC(CO)c1ccc(-c2ncncc2Cl)cc1. The van der Waals surface area contributed by atoms with Crippen molar-refractivity contribution in [3.8, 4) is 11.3 Å². The zero-order chi connectivity index (χ0) is 34.9. The molecule has 1 saturated heterocycles. The maximum absolute atomic E-state index is 12.6. The lowest BCUT2D eigenvalue weighted by molar-refractivity contribution is -0.134. The van der Waals surface area contributed by atoms with Gasteiger partial charge >= 0.3 is 0 Å². The molecule has 10 heteroatoms. The topological polar surface area (TPSA) is 121 Å². The summed E-state index contributed by atoms with van der Waals surface area (Å²) >= 11 is 6.01. The fourth-order valence-electron chi connectivity index (χ4n) is 4.44. The Bertz CT molecular complexity index is 1170. The number of aliphatic hydroxyl groups is 1. The van der Waals surface area contributed by atoms with E-state index in [-0.39, 0.29) is 24.3 Å². The number of hydrogen-bond donors (Lipinski definition) is 2. The first kappa shape index (κ1) is 43.8. The number of rotatable bonds is 8. The van der Waals surface area contributed by atoms with Crippen LogP contribution in [0.3, 0.4) is 0 Å². The van der Waals surface area contributed by atoms with E-state index < -0.39 is 6.04 Å². The largest absolute Gasteiger partial charge is 0.394 e. The van der Waals surface area contributed by atoms with Gasteiger partial charge in [-0.05, 0) is 38.2 Å². The van der Waals surface area contributed by atoms with Crippen molar-refractivity contribution in [3.05, 3.63) is 64.9 Å². The molecular weight excluding hydrogens is 590 g/mol. The van der Waals surface area contributed by atoms with Crippen LogP contribution in [-0.2, 0) is 9.59 Å². The number of aryl methyl sites for hydroxylation is 1. The van der Waals surface area contributed by atoms with Gasteiger partial charge in [-0.25, -0.2) is 9.97 Å². The van der Waals surface area contributed by atoms with Crippen LogP contribution in [0.5, 0.6) is 0 Å². The molecular formula is C35H58ClN5O4. The third-order valence-electron chi connectivity index (χ3n) is 6.43. The zero-order valence-corrected chi connectivity index (χ0v) is 30.4. The van der Waals surface area contributed by atoms with E-state index in [1.54, 1.807) is 0 Å². The van der Waals surface area contributed by atoms with Crippen LogP contribution in [-0.4, -0.2) is 56.6 Å². The number of carbonyl (C=O) groups excluding carboxylic acids is 2. The number of carbonyl (C=O) groups is 2. The van der Waals surface area contributed by atoms with E-state index in [0.717, 1.165) is 36.2 Å². The molecule has 1 aliphatic rings. The van der Waals surface area contributed by atoms with Gasteiger partial charge in [0.15, 0.2) is 0 Å². The lowest BCUT2D eigenvalue weighted by Gasteiger charge is -2.27. The first-order valence-corrected chi connectivity index (χ1v) is 16.7. The summed E-state index contributed by atoms with van der Waals surface area (Å²) in [5, 5.41) is 16.1. The molecule has 0 radical (unpaired) electrons.